The third-order valence-corrected chi connectivity index (χ3v) is 2.80. The standard InChI is InChI=1S/C14H21N7/c1-4-16-12-18-13(20-14(19-12)21(2)3)17-10-7-11-5-8-15-9-6-11/h5-6,8-9H,4,7,10H2,1-3H3,(H2,16,17,18,19,20). The van der Waals surface area contributed by atoms with Crippen LogP contribution in [0.3, 0.4) is 0 Å². The molecule has 7 heteroatoms. The quantitative estimate of drug-likeness (QED) is 0.797. The zero-order chi connectivity index (χ0) is 15.1. The van der Waals surface area contributed by atoms with Crippen molar-refractivity contribution < 1.29 is 0 Å². The first-order valence-electron chi connectivity index (χ1n) is 6.99. The molecule has 21 heavy (non-hydrogen) atoms. The van der Waals surface area contributed by atoms with Crippen molar-refractivity contribution >= 4 is 17.8 Å². The average molecular weight is 287 g/mol. The minimum atomic E-state index is 0.582. The molecule has 0 radical (unpaired) electrons. The number of aromatic nitrogens is 4. The van der Waals surface area contributed by atoms with E-state index in [0.717, 1.165) is 19.5 Å². The minimum Gasteiger partial charge on any atom is -0.354 e. The van der Waals surface area contributed by atoms with Gasteiger partial charge in [0.2, 0.25) is 17.8 Å². The fraction of sp³-hybridized carbons (Fsp3) is 0.429. The van der Waals surface area contributed by atoms with E-state index in [1.807, 2.05) is 38.1 Å². The van der Waals surface area contributed by atoms with Crippen LogP contribution in [0.5, 0.6) is 0 Å². The van der Waals surface area contributed by atoms with Gasteiger partial charge in [0.25, 0.3) is 0 Å². The molecule has 2 aromatic rings. The normalized spacial score (nSPS) is 10.2. The second-order valence-corrected chi connectivity index (χ2v) is 4.74. The number of hydrogen-bond donors (Lipinski definition) is 2. The summed E-state index contributed by atoms with van der Waals surface area (Å²) < 4.78 is 0. The molecule has 0 aliphatic rings. The van der Waals surface area contributed by atoms with Gasteiger partial charge >= 0.3 is 0 Å². The van der Waals surface area contributed by atoms with Crippen LogP contribution in [0.1, 0.15) is 12.5 Å². The molecule has 0 aliphatic heterocycles. The SMILES string of the molecule is CCNc1nc(NCCc2ccncc2)nc(N(C)C)n1. The van der Waals surface area contributed by atoms with Gasteiger partial charge in [-0.3, -0.25) is 4.98 Å². The lowest BCUT2D eigenvalue weighted by molar-refractivity contribution is 0.923. The number of anilines is 3. The smallest absolute Gasteiger partial charge is 0.231 e. The zero-order valence-electron chi connectivity index (χ0n) is 12.7. The maximum Gasteiger partial charge on any atom is 0.231 e. The van der Waals surface area contributed by atoms with Crippen molar-refractivity contribution in [1.82, 2.24) is 19.9 Å². The molecule has 0 aromatic carbocycles. The maximum atomic E-state index is 4.39. The van der Waals surface area contributed by atoms with Crippen molar-refractivity contribution in [3.8, 4) is 0 Å². The zero-order valence-corrected chi connectivity index (χ0v) is 12.7. The molecule has 0 unspecified atom stereocenters. The predicted molar refractivity (Wildman–Crippen MR) is 84.7 cm³/mol. The third-order valence-electron chi connectivity index (χ3n) is 2.80. The van der Waals surface area contributed by atoms with Gasteiger partial charge in [-0.05, 0) is 31.0 Å². The molecular formula is C14H21N7. The van der Waals surface area contributed by atoms with Crippen molar-refractivity contribution in [2.24, 2.45) is 0 Å². The van der Waals surface area contributed by atoms with Crippen LogP contribution in [0.4, 0.5) is 17.8 Å². The van der Waals surface area contributed by atoms with E-state index in [2.05, 4.69) is 30.6 Å². The monoisotopic (exact) mass is 287 g/mol. The minimum absolute atomic E-state index is 0.582. The lowest BCUT2D eigenvalue weighted by Crippen LogP contribution is -2.17. The summed E-state index contributed by atoms with van der Waals surface area (Å²) in [6.07, 6.45) is 4.49. The van der Waals surface area contributed by atoms with Gasteiger partial charge in [-0.1, -0.05) is 0 Å². The highest BCUT2D eigenvalue weighted by atomic mass is 15.3. The highest BCUT2D eigenvalue weighted by molar-refractivity contribution is 5.42. The summed E-state index contributed by atoms with van der Waals surface area (Å²) in [6, 6.07) is 4.01. The molecule has 0 amide bonds. The summed E-state index contributed by atoms with van der Waals surface area (Å²) in [6.45, 7) is 3.54. The van der Waals surface area contributed by atoms with Crippen molar-refractivity contribution in [1.29, 1.82) is 0 Å². The molecule has 7 nitrogen and oxygen atoms in total. The summed E-state index contributed by atoms with van der Waals surface area (Å²) in [7, 11) is 3.82. The van der Waals surface area contributed by atoms with E-state index in [0.29, 0.717) is 17.8 Å². The molecule has 2 rings (SSSR count). The number of rotatable bonds is 7. The largest absolute Gasteiger partial charge is 0.354 e. The van der Waals surface area contributed by atoms with Gasteiger partial charge in [0, 0.05) is 39.6 Å². The Morgan fingerprint density at radius 1 is 1.00 bits per heavy atom. The summed E-state index contributed by atoms with van der Waals surface area (Å²) in [5.74, 6) is 1.80. The van der Waals surface area contributed by atoms with Crippen LogP contribution in [-0.4, -0.2) is 47.1 Å². The van der Waals surface area contributed by atoms with Crippen LogP contribution in [0, 0.1) is 0 Å². The van der Waals surface area contributed by atoms with Gasteiger partial charge in [0.05, 0.1) is 0 Å². The summed E-state index contributed by atoms with van der Waals surface area (Å²) in [5.41, 5.74) is 1.23. The molecule has 0 bridgehead atoms. The molecule has 0 saturated heterocycles. The number of pyridine rings is 1. The average Bonchev–Trinajstić information content (AvgIpc) is 2.48. The van der Waals surface area contributed by atoms with Crippen LogP contribution < -0.4 is 15.5 Å². The lowest BCUT2D eigenvalue weighted by Gasteiger charge is -2.13. The van der Waals surface area contributed by atoms with Crippen molar-refractivity contribution in [2.45, 2.75) is 13.3 Å². The van der Waals surface area contributed by atoms with E-state index in [-0.39, 0.29) is 0 Å². The van der Waals surface area contributed by atoms with E-state index in [4.69, 9.17) is 0 Å². The molecule has 2 heterocycles. The Labute approximate surface area is 124 Å². The lowest BCUT2D eigenvalue weighted by atomic mass is 10.2. The molecule has 2 N–H and O–H groups in total. The highest BCUT2D eigenvalue weighted by Crippen LogP contribution is 2.11. The third kappa shape index (κ3) is 4.55. The van der Waals surface area contributed by atoms with Crippen LogP contribution in [0.15, 0.2) is 24.5 Å². The van der Waals surface area contributed by atoms with Crippen molar-refractivity contribution in [3.05, 3.63) is 30.1 Å². The molecule has 2 aromatic heterocycles. The van der Waals surface area contributed by atoms with E-state index >= 15 is 0 Å². The summed E-state index contributed by atoms with van der Waals surface area (Å²) >= 11 is 0. The van der Waals surface area contributed by atoms with Gasteiger partial charge in [-0.15, -0.1) is 0 Å². The second-order valence-electron chi connectivity index (χ2n) is 4.74. The van der Waals surface area contributed by atoms with Gasteiger partial charge in [-0.25, -0.2) is 0 Å². The van der Waals surface area contributed by atoms with Crippen LogP contribution in [-0.2, 0) is 6.42 Å². The summed E-state index contributed by atoms with van der Waals surface area (Å²) in [4.78, 5) is 18.9. The van der Waals surface area contributed by atoms with Gasteiger partial charge in [-0.2, -0.15) is 15.0 Å². The summed E-state index contributed by atoms with van der Waals surface area (Å²) in [5, 5.41) is 6.35. The van der Waals surface area contributed by atoms with Crippen molar-refractivity contribution in [3.63, 3.8) is 0 Å². The van der Waals surface area contributed by atoms with Crippen molar-refractivity contribution in [2.75, 3.05) is 42.7 Å². The van der Waals surface area contributed by atoms with E-state index in [1.165, 1.54) is 5.56 Å². The molecule has 0 spiro atoms. The molecule has 0 fully saturated rings. The van der Waals surface area contributed by atoms with E-state index in [9.17, 15) is 0 Å². The first kappa shape index (κ1) is 15.0. The molecule has 0 saturated carbocycles. The van der Waals surface area contributed by atoms with Crippen LogP contribution in [0.2, 0.25) is 0 Å². The Hall–Kier alpha value is -2.44. The fourth-order valence-corrected chi connectivity index (χ4v) is 1.75. The van der Waals surface area contributed by atoms with Gasteiger partial charge < -0.3 is 15.5 Å². The predicted octanol–water partition coefficient (Wildman–Crippen LogP) is 1.42. The van der Waals surface area contributed by atoms with Crippen LogP contribution in [0.25, 0.3) is 0 Å². The Morgan fingerprint density at radius 3 is 2.29 bits per heavy atom. The molecular weight excluding hydrogens is 266 g/mol. The second kappa shape index (κ2) is 7.37. The van der Waals surface area contributed by atoms with Crippen LogP contribution >= 0.6 is 0 Å². The number of nitrogens with one attached hydrogen (secondary N) is 2. The number of hydrogen-bond acceptors (Lipinski definition) is 7. The van der Waals surface area contributed by atoms with E-state index < -0.39 is 0 Å². The first-order chi connectivity index (χ1) is 10.2. The van der Waals surface area contributed by atoms with E-state index in [1.54, 1.807) is 12.4 Å². The molecule has 0 aliphatic carbocycles. The highest BCUT2D eigenvalue weighted by Gasteiger charge is 2.07. The first-order valence-corrected chi connectivity index (χ1v) is 6.99. The Balaban J connectivity index is 2.01. The fourth-order valence-electron chi connectivity index (χ4n) is 1.75. The number of nitrogens with zero attached hydrogens (tertiary/aromatic N) is 5. The maximum absolute atomic E-state index is 4.39. The van der Waals surface area contributed by atoms with Gasteiger partial charge in [0.15, 0.2) is 0 Å². The Morgan fingerprint density at radius 2 is 1.67 bits per heavy atom. The molecule has 0 atom stereocenters. The Bertz CT molecular complexity index is 557. The van der Waals surface area contributed by atoms with Gasteiger partial charge in [0.1, 0.15) is 0 Å². The Kier molecular flexibility index (Phi) is 5.25. The topological polar surface area (TPSA) is 78.9 Å². The molecule has 112 valence electrons.